The van der Waals surface area contributed by atoms with Gasteiger partial charge in [-0.2, -0.15) is 4.31 Å². The molecule has 0 spiro atoms. The molecule has 1 aromatic heterocycles. The van der Waals surface area contributed by atoms with E-state index >= 15 is 0 Å². The number of aromatic nitrogens is 3. The van der Waals surface area contributed by atoms with Gasteiger partial charge in [0.2, 0.25) is 15.9 Å². The van der Waals surface area contributed by atoms with Crippen LogP contribution in [0.25, 0.3) is 0 Å². The Labute approximate surface area is 198 Å². The molecule has 1 saturated heterocycles. The monoisotopic (exact) mass is 495 g/mol. The minimum absolute atomic E-state index is 0.0401. The van der Waals surface area contributed by atoms with Crippen LogP contribution in [0, 0.1) is 0 Å². The van der Waals surface area contributed by atoms with Gasteiger partial charge in [-0.1, -0.05) is 25.6 Å². The summed E-state index contributed by atoms with van der Waals surface area (Å²) in [6.07, 6.45) is 0.751. The number of hydrogen-bond acceptors (Lipinski definition) is 8. The molecule has 0 radical (unpaired) electrons. The van der Waals surface area contributed by atoms with Crippen LogP contribution in [0.2, 0.25) is 0 Å². The van der Waals surface area contributed by atoms with E-state index in [0.29, 0.717) is 43.0 Å². The molecule has 1 amide bonds. The van der Waals surface area contributed by atoms with E-state index in [1.165, 1.54) is 22.1 Å². The first-order valence-electron chi connectivity index (χ1n) is 11.0. The van der Waals surface area contributed by atoms with Crippen LogP contribution in [0.5, 0.6) is 11.5 Å². The third-order valence-corrected chi connectivity index (χ3v) is 8.56. The summed E-state index contributed by atoms with van der Waals surface area (Å²) in [5.74, 6) is 2.33. The number of carbonyl (C=O) groups excluding carboxylic acids is 1. The number of hydrogen-bond donors (Lipinski definition) is 0. The van der Waals surface area contributed by atoms with Crippen LogP contribution >= 0.6 is 11.8 Å². The van der Waals surface area contributed by atoms with E-state index in [-0.39, 0.29) is 35.6 Å². The van der Waals surface area contributed by atoms with Gasteiger partial charge < -0.3 is 18.9 Å². The average Bonchev–Trinajstić information content (AvgIpc) is 3.02. The number of nitrogens with zero attached hydrogens (tertiary/aromatic N) is 5. The van der Waals surface area contributed by atoms with Gasteiger partial charge in [-0.25, -0.2) is 8.42 Å². The first-order chi connectivity index (χ1) is 15.8. The zero-order valence-corrected chi connectivity index (χ0v) is 20.7. The molecule has 1 fully saturated rings. The molecule has 0 saturated carbocycles. The minimum Gasteiger partial charge on any atom is -0.490 e. The SMILES string of the molecule is CC(C)c1nnc(SCC(=O)N2CCN(S(=O)(=O)c3ccc4c(c3)OCCCO4)CC2)n1C. The first-order valence-corrected chi connectivity index (χ1v) is 13.4. The van der Waals surface area contributed by atoms with Gasteiger partial charge in [-0.3, -0.25) is 4.79 Å². The second-order valence-corrected chi connectivity index (χ2v) is 11.2. The lowest BCUT2D eigenvalue weighted by molar-refractivity contribution is -0.129. The van der Waals surface area contributed by atoms with Gasteiger partial charge in [-0.15, -0.1) is 10.2 Å². The fourth-order valence-corrected chi connectivity index (χ4v) is 6.06. The van der Waals surface area contributed by atoms with E-state index in [0.717, 1.165) is 12.2 Å². The molecule has 33 heavy (non-hydrogen) atoms. The number of ether oxygens (including phenoxy) is 2. The van der Waals surface area contributed by atoms with Crippen LogP contribution in [-0.2, 0) is 21.9 Å². The number of rotatable bonds is 6. The van der Waals surface area contributed by atoms with Crippen LogP contribution in [0.15, 0.2) is 28.3 Å². The van der Waals surface area contributed by atoms with Gasteiger partial charge in [0.15, 0.2) is 16.7 Å². The lowest BCUT2D eigenvalue weighted by Gasteiger charge is -2.34. The number of fused-ring (bicyclic) bond motifs is 1. The molecule has 180 valence electrons. The van der Waals surface area contributed by atoms with Crippen molar-refractivity contribution >= 4 is 27.7 Å². The van der Waals surface area contributed by atoms with Crippen molar-refractivity contribution in [1.82, 2.24) is 24.0 Å². The molecule has 2 aromatic rings. The highest BCUT2D eigenvalue weighted by molar-refractivity contribution is 7.99. The van der Waals surface area contributed by atoms with E-state index in [1.54, 1.807) is 17.0 Å². The normalized spacial score (nSPS) is 17.3. The highest BCUT2D eigenvalue weighted by Gasteiger charge is 2.31. The Kier molecular flexibility index (Phi) is 7.15. The Hall–Kier alpha value is -2.31. The third kappa shape index (κ3) is 5.12. The molecule has 1 aromatic carbocycles. The van der Waals surface area contributed by atoms with Crippen LogP contribution < -0.4 is 9.47 Å². The molecular formula is C21H29N5O5S2. The van der Waals surface area contributed by atoms with Gasteiger partial charge >= 0.3 is 0 Å². The number of sulfonamides is 1. The lowest BCUT2D eigenvalue weighted by atomic mass is 10.2. The second-order valence-electron chi connectivity index (χ2n) is 8.29. The van der Waals surface area contributed by atoms with Crippen LogP contribution in [0.1, 0.15) is 32.0 Å². The van der Waals surface area contributed by atoms with E-state index in [9.17, 15) is 13.2 Å². The summed E-state index contributed by atoms with van der Waals surface area (Å²) in [5.41, 5.74) is 0. The predicted octanol–water partition coefficient (Wildman–Crippen LogP) is 1.72. The zero-order valence-electron chi connectivity index (χ0n) is 19.1. The molecule has 0 unspecified atom stereocenters. The lowest BCUT2D eigenvalue weighted by Crippen LogP contribution is -2.51. The predicted molar refractivity (Wildman–Crippen MR) is 123 cm³/mol. The topological polar surface area (TPSA) is 107 Å². The van der Waals surface area contributed by atoms with Gasteiger partial charge in [0.1, 0.15) is 5.82 Å². The molecule has 0 atom stereocenters. The number of benzene rings is 1. The summed E-state index contributed by atoms with van der Waals surface area (Å²) in [5, 5.41) is 9.04. The molecule has 0 N–H and O–H groups in total. The zero-order chi connectivity index (χ0) is 23.6. The molecule has 4 rings (SSSR count). The maximum absolute atomic E-state index is 13.1. The largest absolute Gasteiger partial charge is 0.490 e. The Morgan fingerprint density at radius 1 is 1.09 bits per heavy atom. The minimum atomic E-state index is -3.69. The molecule has 2 aliphatic rings. The number of amides is 1. The van der Waals surface area contributed by atoms with Crippen molar-refractivity contribution in [2.75, 3.05) is 45.1 Å². The Morgan fingerprint density at radius 3 is 2.45 bits per heavy atom. The smallest absolute Gasteiger partial charge is 0.243 e. The molecule has 0 aliphatic carbocycles. The Morgan fingerprint density at radius 2 is 1.79 bits per heavy atom. The van der Waals surface area contributed by atoms with E-state index in [2.05, 4.69) is 10.2 Å². The molecular weight excluding hydrogens is 466 g/mol. The fraction of sp³-hybridized carbons (Fsp3) is 0.571. The van der Waals surface area contributed by atoms with Gasteiger partial charge in [0.25, 0.3) is 0 Å². The molecule has 3 heterocycles. The van der Waals surface area contributed by atoms with E-state index in [1.807, 2.05) is 25.5 Å². The van der Waals surface area contributed by atoms with Crippen molar-refractivity contribution in [3.8, 4) is 11.5 Å². The average molecular weight is 496 g/mol. The number of carbonyl (C=O) groups is 1. The van der Waals surface area contributed by atoms with Crippen molar-refractivity contribution in [2.24, 2.45) is 7.05 Å². The molecule has 2 aliphatic heterocycles. The fourth-order valence-electron chi connectivity index (χ4n) is 3.80. The molecule has 10 nitrogen and oxygen atoms in total. The Bertz CT molecular complexity index is 1110. The Balaban J connectivity index is 1.34. The van der Waals surface area contributed by atoms with Crippen molar-refractivity contribution in [1.29, 1.82) is 0 Å². The first kappa shape index (κ1) is 23.8. The van der Waals surface area contributed by atoms with Gasteiger partial charge in [0, 0.05) is 51.6 Å². The summed E-state index contributed by atoms with van der Waals surface area (Å²) < 4.78 is 40.8. The quantitative estimate of drug-likeness (QED) is 0.558. The van der Waals surface area contributed by atoms with Crippen LogP contribution in [-0.4, -0.2) is 83.4 Å². The standard InChI is InChI=1S/C21H29N5O5S2/c1-15(2)20-22-23-21(24(20)3)32-14-19(27)25-7-9-26(10-8-25)33(28,29)16-5-6-17-18(13-16)31-12-4-11-30-17/h5-6,13,15H,4,7-12,14H2,1-3H3. The van der Waals surface area contributed by atoms with Crippen molar-refractivity contribution in [3.05, 3.63) is 24.0 Å². The van der Waals surface area contributed by atoms with Crippen LogP contribution in [0.3, 0.4) is 0 Å². The number of thioether (sulfide) groups is 1. The summed E-state index contributed by atoms with van der Waals surface area (Å²) in [7, 11) is -1.80. The van der Waals surface area contributed by atoms with E-state index < -0.39 is 10.0 Å². The number of piperazine rings is 1. The van der Waals surface area contributed by atoms with Crippen molar-refractivity contribution in [3.63, 3.8) is 0 Å². The highest BCUT2D eigenvalue weighted by Crippen LogP contribution is 2.33. The molecule has 0 bridgehead atoms. The molecule has 12 heteroatoms. The van der Waals surface area contributed by atoms with Crippen LogP contribution in [0.4, 0.5) is 0 Å². The maximum atomic E-state index is 13.1. The summed E-state index contributed by atoms with van der Waals surface area (Å²) in [4.78, 5) is 14.6. The van der Waals surface area contributed by atoms with E-state index in [4.69, 9.17) is 9.47 Å². The summed E-state index contributed by atoms with van der Waals surface area (Å²) in [6.45, 7) is 6.31. The van der Waals surface area contributed by atoms with Gasteiger partial charge in [0.05, 0.1) is 23.9 Å². The highest BCUT2D eigenvalue weighted by atomic mass is 32.2. The summed E-state index contributed by atoms with van der Waals surface area (Å²) in [6, 6.07) is 4.71. The van der Waals surface area contributed by atoms with Crippen molar-refractivity contribution < 1.29 is 22.7 Å². The van der Waals surface area contributed by atoms with Crippen molar-refractivity contribution in [2.45, 2.75) is 36.2 Å². The van der Waals surface area contributed by atoms with Gasteiger partial charge in [-0.05, 0) is 12.1 Å². The maximum Gasteiger partial charge on any atom is 0.243 e. The summed E-state index contributed by atoms with van der Waals surface area (Å²) >= 11 is 1.35. The second kappa shape index (κ2) is 9.90. The third-order valence-electron chi connectivity index (χ3n) is 5.66.